The van der Waals surface area contributed by atoms with Crippen LogP contribution in [0.4, 0.5) is 0 Å². The minimum absolute atomic E-state index is 1.31. The smallest absolute Gasteiger partial charge is 0.0951 e. The molecule has 0 fully saturated rings. The van der Waals surface area contributed by atoms with Gasteiger partial charge in [-0.15, -0.1) is 0 Å². The molecule has 0 unspecified atom stereocenters. The molecule has 0 aliphatic carbocycles. The van der Waals surface area contributed by atoms with E-state index in [1.807, 2.05) is 0 Å². The summed E-state index contributed by atoms with van der Waals surface area (Å²) in [5, 5.41) is 0. The molecule has 16 heavy (non-hydrogen) atoms. The van der Waals surface area contributed by atoms with Gasteiger partial charge in [-0.25, -0.2) is 0 Å². The van der Waals surface area contributed by atoms with Crippen molar-refractivity contribution in [2.24, 2.45) is 0 Å². The standard InChI is InChI=1S/C12H14B4/c13-9-3-1-7(5-11(9)15)8-2-4-10(14)12(16)6-8/h1-6H,13-16H2. The molecule has 2 aromatic rings. The molecule has 0 spiro atoms. The van der Waals surface area contributed by atoms with Crippen molar-refractivity contribution in [1.29, 1.82) is 0 Å². The molecule has 0 aliphatic rings. The van der Waals surface area contributed by atoms with E-state index in [4.69, 9.17) is 0 Å². The van der Waals surface area contributed by atoms with Crippen LogP contribution in [0.3, 0.4) is 0 Å². The zero-order valence-electron chi connectivity index (χ0n) is 10.5. The third kappa shape index (κ3) is 2.11. The topological polar surface area (TPSA) is 0 Å². The molecule has 2 rings (SSSR count). The number of rotatable bonds is 1. The van der Waals surface area contributed by atoms with E-state index >= 15 is 0 Å². The van der Waals surface area contributed by atoms with Crippen LogP contribution in [0.2, 0.25) is 0 Å². The Morgan fingerprint density at radius 2 is 0.875 bits per heavy atom. The van der Waals surface area contributed by atoms with Gasteiger partial charge in [0.2, 0.25) is 0 Å². The minimum Gasteiger partial charge on any atom is -0.0951 e. The molecule has 0 aromatic heterocycles. The Hall–Kier alpha value is -1.30. The van der Waals surface area contributed by atoms with Crippen LogP contribution in [-0.4, -0.2) is 31.4 Å². The van der Waals surface area contributed by atoms with E-state index in [-0.39, 0.29) is 0 Å². The lowest BCUT2D eigenvalue weighted by Crippen LogP contribution is -2.26. The highest BCUT2D eigenvalue weighted by Crippen LogP contribution is 2.14. The number of hydrogen-bond donors (Lipinski definition) is 0. The Bertz CT molecular complexity index is 485. The summed E-state index contributed by atoms with van der Waals surface area (Å²) in [4.78, 5) is 0. The minimum atomic E-state index is 1.31. The van der Waals surface area contributed by atoms with Crippen molar-refractivity contribution < 1.29 is 0 Å². The van der Waals surface area contributed by atoms with Crippen molar-refractivity contribution in [3.8, 4) is 11.1 Å². The first-order valence-corrected chi connectivity index (χ1v) is 5.73. The van der Waals surface area contributed by atoms with Gasteiger partial charge < -0.3 is 0 Å². The van der Waals surface area contributed by atoms with Crippen molar-refractivity contribution in [1.82, 2.24) is 0 Å². The summed E-state index contributed by atoms with van der Waals surface area (Å²) in [7, 11) is 8.64. The molecule has 0 saturated heterocycles. The quantitative estimate of drug-likeness (QED) is 0.418. The highest BCUT2D eigenvalue weighted by atomic mass is 14.0. The Morgan fingerprint density at radius 1 is 0.500 bits per heavy atom. The average Bonchev–Trinajstić information content (AvgIpc) is 2.26. The van der Waals surface area contributed by atoms with Gasteiger partial charge in [0, 0.05) is 0 Å². The van der Waals surface area contributed by atoms with Crippen LogP contribution in [0, 0.1) is 0 Å². The lowest BCUT2D eigenvalue weighted by atomic mass is 9.77. The highest BCUT2D eigenvalue weighted by Gasteiger charge is 2.01. The summed E-state index contributed by atoms with van der Waals surface area (Å²) in [6.07, 6.45) is 0. The maximum atomic E-state index is 2.26. The second-order valence-electron chi connectivity index (χ2n) is 4.60. The van der Waals surface area contributed by atoms with Crippen LogP contribution in [0.5, 0.6) is 0 Å². The zero-order chi connectivity index (χ0) is 11.7. The second kappa shape index (κ2) is 4.29. The molecule has 74 valence electrons. The number of hydrogen-bond acceptors (Lipinski definition) is 0. The maximum Gasteiger partial charge on any atom is 0.138 e. The number of benzene rings is 2. The molecule has 0 radical (unpaired) electrons. The van der Waals surface area contributed by atoms with Crippen molar-refractivity contribution in [3.63, 3.8) is 0 Å². The van der Waals surface area contributed by atoms with Crippen LogP contribution in [0.1, 0.15) is 0 Å². The molecule has 0 nitrogen and oxygen atoms in total. The molecule has 4 heteroatoms. The van der Waals surface area contributed by atoms with Gasteiger partial charge >= 0.3 is 0 Å². The maximum absolute atomic E-state index is 2.26. The van der Waals surface area contributed by atoms with Crippen LogP contribution < -0.4 is 21.9 Å². The molecule has 0 atom stereocenters. The first kappa shape index (κ1) is 11.2. The fraction of sp³-hybridized carbons (Fsp3) is 0. The summed E-state index contributed by atoms with van der Waals surface area (Å²) < 4.78 is 0. The Kier molecular flexibility index (Phi) is 3.00. The fourth-order valence-electron chi connectivity index (χ4n) is 1.84. The van der Waals surface area contributed by atoms with Crippen LogP contribution in [0.25, 0.3) is 11.1 Å². The molecular formula is C12H14B4. The highest BCUT2D eigenvalue weighted by molar-refractivity contribution is 6.49. The molecular weight excluding hydrogens is 187 g/mol. The third-order valence-corrected chi connectivity index (χ3v) is 3.35. The largest absolute Gasteiger partial charge is 0.138 e. The Balaban J connectivity index is 2.50. The molecule has 0 aliphatic heterocycles. The molecule has 0 saturated carbocycles. The van der Waals surface area contributed by atoms with Gasteiger partial charge in [-0.2, -0.15) is 0 Å². The molecule has 0 N–H and O–H groups in total. The molecule has 0 heterocycles. The van der Waals surface area contributed by atoms with Crippen LogP contribution in [0.15, 0.2) is 36.4 Å². The zero-order valence-corrected chi connectivity index (χ0v) is 10.5. The normalized spacial score (nSPS) is 10.2. The van der Waals surface area contributed by atoms with Gasteiger partial charge in [-0.1, -0.05) is 58.2 Å². The first-order chi connectivity index (χ1) is 7.58. The van der Waals surface area contributed by atoms with Gasteiger partial charge in [0.25, 0.3) is 0 Å². The summed E-state index contributed by atoms with van der Waals surface area (Å²) in [5.41, 5.74) is 8.05. The SMILES string of the molecule is Bc1ccc(-c2ccc(B)c(B)c2)cc1B. The van der Waals surface area contributed by atoms with Crippen LogP contribution in [-0.2, 0) is 0 Å². The predicted octanol–water partition coefficient (Wildman–Crippen LogP) is -3.61. The van der Waals surface area contributed by atoms with Crippen molar-refractivity contribution in [3.05, 3.63) is 36.4 Å². The van der Waals surface area contributed by atoms with Crippen LogP contribution >= 0.6 is 0 Å². The van der Waals surface area contributed by atoms with E-state index < -0.39 is 0 Å². The van der Waals surface area contributed by atoms with E-state index in [0.29, 0.717) is 0 Å². The summed E-state index contributed by atoms with van der Waals surface area (Å²) in [6, 6.07) is 13.3. The van der Waals surface area contributed by atoms with Crippen molar-refractivity contribution >= 4 is 53.2 Å². The average molecular weight is 201 g/mol. The van der Waals surface area contributed by atoms with Gasteiger partial charge in [0.05, 0.1) is 0 Å². The van der Waals surface area contributed by atoms with E-state index in [0.717, 1.165) is 0 Å². The van der Waals surface area contributed by atoms with Crippen molar-refractivity contribution in [2.75, 3.05) is 0 Å². The van der Waals surface area contributed by atoms with Gasteiger partial charge in [0.15, 0.2) is 0 Å². The summed E-state index contributed by atoms with van der Waals surface area (Å²) in [5.74, 6) is 0. The van der Waals surface area contributed by atoms with E-state index in [1.165, 1.54) is 33.0 Å². The molecule has 0 amide bonds. The van der Waals surface area contributed by atoms with E-state index in [9.17, 15) is 0 Å². The summed E-state index contributed by atoms with van der Waals surface area (Å²) in [6.45, 7) is 0. The third-order valence-electron chi connectivity index (χ3n) is 3.35. The van der Waals surface area contributed by atoms with Gasteiger partial charge in [0.1, 0.15) is 31.4 Å². The van der Waals surface area contributed by atoms with Gasteiger partial charge in [-0.3, -0.25) is 0 Å². The molecule has 0 bridgehead atoms. The van der Waals surface area contributed by atoms with Crippen molar-refractivity contribution in [2.45, 2.75) is 0 Å². The van der Waals surface area contributed by atoms with E-state index in [1.54, 1.807) is 0 Å². The molecule has 2 aromatic carbocycles. The first-order valence-electron chi connectivity index (χ1n) is 5.73. The lowest BCUT2D eigenvalue weighted by Gasteiger charge is -2.08. The Morgan fingerprint density at radius 3 is 1.19 bits per heavy atom. The lowest BCUT2D eigenvalue weighted by molar-refractivity contribution is 1.70. The second-order valence-corrected chi connectivity index (χ2v) is 4.60. The predicted molar refractivity (Wildman–Crippen MR) is 84.6 cm³/mol. The monoisotopic (exact) mass is 202 g/mol. The fourth-order valence-corrected chi connectivity index (χ4v) is 1.84. The van der Waals surface area contributed by atoms with E-state index in [2.05, 4.69) is 67.8 Å². The van der Waals surface area contributed by atoms with Gasteiger partial charge in [-0.05, 0) is 11.1 Å². The Labute approximate surface area is 101 Å². The summed E-state index contributed by atoms with van der Waals surface area (Å²) >= 11 is 0.